The Kier molecular flexibility index (Phi) is 5.02. The van der Waals surface area contributed by atoms with E-state index >= 15 is 0 Å². The van der Waals surface area contributed by atoms with Crippen molar-refractivity contribution >= 4 is 28.7 Å². The van der Waals surface area contributed by atoms with Crippen LogP contribution in [0.4, 0.5) is 0 Å². The highest BCUT2D eigenvalue weighted by Gasteiger charge is 2.35. The molecule has 2 aromatic rings. The smallest absolute Gasteiger partial charge is 0.308 e. The zero-order chi connectivity index (χ0) is 20.6. The van der Waals surface area contributed by atoms with Crippen LogP contribution in [-0.2, 0) is 20.8 Å². The third-order valence-electron chi connectivity index (χ3n) is 4.35. The number of esters is 3. The van der Waals surface area contributed by atoms with Crippen LogP contribution in [0.1, 0.15) is 46.6 Å². The van der Waals surface area contributed by atoms with Crippen LogP contribution in [0.3, 0.4) is 0 Å². The quantitative estimate of drug-likeness (QED) is 0.587. The molecule has 3 rings (SSSR count). The second-order valence-electron chi connectivity index (χ2n) is 7.29. The Morgan fingerprint density at radius 3 is 2.14 bits per heavy atom. The minimum Gasteiger partial charge on any atom is -0.483 e. The van der Waals surface area contributed by atoms with E-state index in [4.69, 9.17) is 18.9 Å². The monoisotopic (exact) mass is 386 g/mol. The number of fused-ring (bicyclic) bond motifs is 2. The minimum atomic E-state index is -0.548. The molecule has 7 nitrogen and oxygen atoms in total. The second kappa shape index (κ2) is 7.14. The molecule has 0 saturated heterocycles. The average molecular weight is 386 g/mol. The molecule has 0 fully saturated rings. The SMILES string of the molecule is CC(=O)Oc1c2c(c(OC(C)=O)c3c(OC(C)=O)cccc13)OC(C)(C)CC2. The van der Waals surface area contributed by atoms with E-state index in [0.717, 1.165) is 0 Å². The maximum absolute atomic E-state index is 11.8. The largest absolute Gasteiger partial charge is 0.483 e. The molecule has 0 saturated carbocycles. The normalized spacial score (nSPS) is 14.6. The Balaban J connectivity index is 2.44. The third-order valence-corrected chi connectivity index (χ3v) is 4.35. The summed E-state index contributed by atoms with van der Waals surface area (Å²) in [6, 6.07) is 4.97. The van der Waals surface area contributed by atoms with Gasteiger partial charge >= 0.3 is 17.9 Å². The Morgan fingerprint density at radius 1 is 0.929 bits per heavy atom. The van der Waals surface area contributed by atoms with Gasteiger partial charge in [0, 0.05) is 31.7 Å². The molecule has 2 aromatic carbocycles. The summed E-state index contributed by atoms with van der Waals surface area (Å²) in [4.78, 5) is 35.2. The van der Waals surface area contributed by atoms with E-state index in [-0.39, 0.29) is 11.5 Å². The van der Waals surface area contributed by atoms with Gasteiger partial charge in [0.05, 0.1) is 5.39 Å². The first-order chi connectivity index (χ1) is 13.1. The zero-order valence-corrected chi connectivity index (χ0v) is 16.5. The summed E-state index contributed by atoms with van der Waals surface area (Å²) in [5.74, 6) is -0.607. The van der Waals surface area contributed by atoms with Gasteiger partial charge in [0.2, 0.25) is 0 Å². The summed E-state index contributed by atoms with van der Waals surface area (Å²) >= 11 is 0. The molecule has 0 N–H and O–H groups in total. The van der Waals surface area contributed by atoms with Crippen LogP contribution in [-0.4, -0.2) is 23.5 Å². The van der Waals surface area contributed by atoms with Crippen LogP contribution in [0.5, 0.6) is 23.0 Å². The van der Waals surface area contributed by atoms with Crippen molar-refractivity contribution in [3.8, 4) is 23.0 Å². The van der Waals surface area contributed by atoms with E-state index in [1.807, 2.05) is 13.8 Å². The number of carbonyl (C=O) groups excluding carboxylic acids is 3. The summed E-state index contributed by atoms with van der Waals surface area (Å²) < 4.78 is 22.5. The first kappa shape index (κ1) is 19.7. The van der Waals surface area contributed by atoms with Crippen LogP contribution in [0.15, 0.2) is 18.2 Å². The van der Waals surface area contributed by atoms with E-state index in [1.165, 1.54) is 20.8 Å². The van der Waals surface area contributed by atoms with E-state index < -0.39 is 23.5 Å². The lowest BCUT2D eigenvalue weighted by Gasteiger charge is -2.34. The van der Waals surface area contributed by atoms with Gasteiger partial charge in [-0.3, -0.25) is 14.4 Å². The molecule has 0 bridgehead atoms. The fourth-order valence-electron chi connectivity index (χ4n) is 3.30. The maximum atomic E-state index is 11.8. The fraction of sp³-hybridized carbons (Fsp3) is 0.381. The lowest BCUT2D eigenvalue weighted by Crippen LogP contribution is -2.33. The lowest BCUT2D eigenvalue weighted by atomic mass is 9.91. The molecule has 148 valence electrons. The lowest BCUT2D eigenvalue weighted by molar-refractivity contribution is -0.133. The topological polar surface area (TPSA) is 88.1 Å². The number of benzene rings is 2. The summed E-state index contributed by atoms with van der Waals surface area (Å²) in [6.07, 6.45) is 1.25. The number of ether oxygens (including phenoxy) is 4. The van der Waals surface area contributed by atoms with E-state index in [9.17, 15) is 14.4 Å². The van der Waals surface area contributed by atoms with Gasteiger partial charge in [-0.05, 0) is 32.8 Å². The predicted molar refractivity (Wildman–Crippen MR) is 101 cm³/mol. The molecule has 1 aliphatic heterocycles. The number of hydrogen-bond acceptors (Lipinski definition) is 7. The molecule has 0 amide bonds. The van der Waals surface area contributed by atoms with Crippen molar-refractivity contribution in [1.29, 1.82) is 0 Å². The van der Waals surface area contributed by atoms with E-state index in [1.54, 1.807) is 18.2 Å². The van der Waals surface area contributed by atoms with Crippen molar-refractivity contribution in [2.24, 2.45) is 0 Å². The molecule has 0 aliphatic carbocycles. The summed E-state index contributed by atoms with van der Waals surface area (Å²) in [6.45, 7) is 7.69. The number of carbonyl (C=O) groups is 3. The van der Waals surface area contributed by atoms with Crippen LogP contribution in [0.2, 0.25) is 0 Å². The van der Waals surface area contributed by atoms with Crippen molar-refractivity contribution in [3.05, 3.63) is 23.8 Å². The Labute approximate surface area is 162 Å². The molecule has 1 heterocycles. The zero-order valence-electron chi connectivity index (χ0n) is 16.5. The summed E-state index contributed by atoms with van der Waals surface area (Å²) in [5.41, 5.74) is 0.123. The molecular weight excluding hydrogens is 364 g/mol. The molecular formula is C21H22O7. The van der Waals surface area contributed by atoms with E-state index in [2.05, 4.69) is 0 Å². The first-order valence-corrected chi connectivity index (χ1v) is 8.95. The van der Waals surface area contributed by atoms with Gasteiger partial charge in [-0.1, -0.05) is 12.1 Å². The highest BCUT2D eigenvalue weighted by atomic mass is 16.6. The average Bonchev–Trinajstić information content (AvgIpc) is 2.56. The predicted octanol–water partition coefficient (Wildman–Crippen LogP) is 3.72. The molecule has 0 spiro atoms. The summed E-state index contributed by atoms with van der Waals surface area (Å²) in [5, 5.41) is 0.827. The maximum Gasteiger partial charge on any atom is 0.308 e. The molecule has 28 heavy (non-hydrogen) atoms. The van der Waals surface area contributed by atoms with Gasteiger partial charge in [-0.15, -0.1) is 0 Å². The van der Waals surface area contributed by atoms with Crippen LogP contribution >= 0.6 is 0 Å². The second-order valence-corrected chi connectivity index (χ2v) is 7.29. The van der Waals surface area contributed by atoms with Gasteiger partial charge in [-0.25, -0.2) is 0 Å². The molecule has 0 radical (unpaired) electrons. The van der Waals surface area contributed by atoms with Gasteiger partial charge in [-0.2, -0.15) is 0 Å². The standard InChI is InChI=1S/C21H22O7/c1-11(22)25-16-8-6-7-14-17(16)20(27-13(3)24)19-15(18(14)26-12(2)23)9-10-21(4,5)28-19/h6-8H,9-10H2,1-5H3. The highest BCUT2D eigenvalue weighted by Crippen LogP contribution is 2.52. The Bertz CT molecular complexity index is 988. The van der Waals surface area contributed by atoms with Crippen molar-refractivity contribution in [2.75, 3.05) is 0 Å². The third kappa shape index (κ3) is 3.78. The van der Waals surface area contributed by atoms with Crippen molar-refractivity contribution in [2.45, 2.75) is 53.1 Å². The molecule has 0 unspecified atom stereocenters. The molecule has 0 atom stereocenters. The van der Waals surface area contributed by atoms with Crippen LogP contribution in [0, 0.1) is 0 Å². The van der Waals surface area contributed by atoms with Gasteiger partial charge in [0.1, 0.15) is 17.1 Å². The van der Waals surface area contributed by atoms with Crippen LogP contribution < -0.4 is 18.9 Å². The minimum absolute atomic E-state index is 0.151. The molecule has 0 aromatic heterocycles. The van der Waals surface area contributed by atoms with Crippen LogP contribution in [0.25, 0.3) is 10.8 Å². The molecule has 7 heteroatoms. The highest BCUT2D eigenvalue weighted by molar-refractivity contribution is 6.04. The van der Waals surface area contributed by atoms with Crippen molar-refractivity contribution in [1.82, 2.24) is 0 Å². The van der Waals surface area contributed by atoms with Gasteiger partial charge in [0.15, 0.2) is 11.5 Å². The summed E-state index contributed by atoms with van der Waals surface area (Å²) in [7, 11) is 0. The van der Waals surface area contributed by atoms with Gasteiger partial charge in [0.25, 0.3) is 0 Å². The first-order valence-electron chi connectivity index (χ1n) is 8.95. The number of hydrogen-bond donors (Lipinski definition) is 0. The molecule has 1 aliphatic rings. The van der Waals surface area contributed by atoms with Crippen molar-refractivity contribution in [3.63, 3.8) is 0 Å². The van der Waals surface area contributed by atoms with Crippen molar-refractivity contribution < 1.29 is 33.3 Å². The Morgan fingerprint density at radius 2 is 1.54 bits per heavy atom. The number of rotatable bonds is 3. The van der Waals surface area contributed by atoms with Gasteiger partial charge < -0.3 is 18.9 Å². The fourth-order valence-corrected chi connectivity index (χ4v) is 3.30. The van der Waals surface area contributed by atoms with E-state index in [0.29, 0.717) is 40.7 Å². The Hall–Kier alpha value is -3.09.